The lowest BCUT2D eigenvalue weighted by Gasteiger charge is -2.02. The van der Waals surface area contributed by atoms with Crippen LogP contribution in [0.2, 0.25) is 0 Å². The fourth-order valence-electron chi connectivity index (χ4n) is 0.411. The molecule has 0 aromatic carbocycles. The van der Waals surface area contributed by atoms with Crippen LogP contribution in [0.25, 0.3) is 0 Å². The molecule has 1 amide bonds. The van der Waals surface area contributed by atoms with Crippen molar-refractivity contribution >= 4 is 5.91 Å². The van der Waals surface area contributed by atoms with Crippen LogP contribution in [-0.2, 0) is 4.79 Å². The Morgan fingerprint density at radius 1 is 1.80 bits per heavy atom. The Hall–Kier alpha value is -1.01. The first-order valence-corrected chi connectivity index (χ1v) is 3.13. The van der Waals surface area contributed by atoms with E-state index in [1.165, 1.54) is 0 Å². The van der Waals surface area contributed by atoms with Gasteiger partial charge in [0.05, 0.1) is 0 Å². The third-order valence-corrected chi connectivity index (χ3v) is 0.823. The summed E-state index contributed by atoms with van der Waals surface area (Å²) in [4.78, 5) is 10.6. The number of hydrogen-bond donors (Lipinski definition) is 2. The average Bonchev–Trinajstić information content (AvgIpc) is 1.85. The molecule has 3 nitrogen and oxygen atoms in total. The summed E-state index contributed by atoms with van der Waals surface area (Å²) in [5.41, 5.74) is 5.37. The van der Waals surface area contributed by atoms with Crippen molar-refractivity contribution in [3.05, 3.63) is 0 Å². The molecule has 0 saturated heterocycles. The van der Waals surface area contributed by atoms with Crippen molar-refractivity contribution in [2.24, 2.45) is 5.73 Å². The van der Waals surface area contributed by atoms with Crippen molar-refractivity contribution in [2.75, 3.05) is 6.54 Å². The van der Waals surface area contributed by atoms with E-state index in [2.05, 4.69) is 17.2 Å². The minimum Gasteiger partial charge on any atom is -0.344 e. The maximum Gasteiger partial charge on any atom is 0.295 e. The zero-order valence-electron chi connectivity index (χ0n) is 6.27. The molecule has 0 aliphatic carbocycles. The molecule has 1 atom stereocenters. The van der Waals surface area contributed by atoms with Crippen LogP contribution >= 0.6 is 0 Å². The van der Waals surface area contributed by atoms with Crippen molar-refractivity contribution in [3.8, 4) is 11.8 Å². The molecule has 1 unspecified atom stereocenters. The Balaban J connectivity index is 3.47. The molecule has 0 aliphatic heterocycles. The fourth-order valence-corrected chi connectivity index (χ4v) is 0.411. The third-order valence-electron chi connectivity index (χ3n) is 0.823. The highest BCUT2D eigenvalue weighted by atomic mass is 16.1. The zero-order valence-corrected chi connectivity index (χ0v) is 6.27. The Morgan fingerprint density at radius 3 is 2.80 bits per heavy atom. The van der Waals surface area contributed by atoms with E-state index in [-0.39, 0.29) is 11.9 Å². The lowest BCUT2D eigenvalue weighted by Crippen LogP contribution is -2.34. The summed E-state index contributed by atoms with van der Waals surface area (Å²) in [5.74, 6) is 4.57. The maximum absolute atomic E-state index is 10.6. The van der Waals surface area contributed by atoms with Gasteiger partial charge in [0.25, 0.3) is 5.91 Å². The van der Waals surface area contributed by atoms with Gasteiger partial charge in [-0.05, 0) is 19.8 Å². The van der Waals surface area contributed by atoms with Gasteiger partial charge >= 0.3 is 0 Å². The van der Waals surface area contributed by atoms with Crippen LogP contribution in [0.1, 0.15) is 13.8 Å². The van der Waals surface area contributed by atoms with Gasteiger partial charge < -0.3 is 11.1 Å². The number of nitrogens with one attached hydrogen (secondary N) is 1. The molecule has 0 radical (unpaired) electrons. The first-order chi connectivity index (χ1) is 4.66. The molecule has 0 aromatic rings. The highest BCUT2D eigenvalue weighted by molar-refractivity contribution is 5.93. The van der Waals surface area contributed by atoms with Crippen LogP contribution < -0.4 is 11.1 Å². The third kappa shape index (κ3) is 5.13. The second-order valence-corrected chi connectivity index (χ2v) is 2.06. The second kappa shape index (κ2) is 4.83. The Morgan fingerprint density at radius 2 is 2.40 bits per heavy atom. The van der Waals surface area contributed by atoms with Crippen LogP contribution in [0.15, 0.2) is 0 Å². The van der Waals surface area contributed by atoms with Crippen molar-refractivity contribution < 1.29 is 4.79 Å². The van der Waals surface area contributed by atoms with Gasteiger partial charge in [-0.2, -0.15) is 0 Å². The highest BCUT2D eigenvalue weighted by Gasteiger charge is 1.95. The standard InChI is InChI=1S/C7H12N2O/c1-3-4-7(10)9-5-6(2)8/h6H,5,8H2,1-2H3,(H,9,10). The molecule has 0 saturated carbocycles. The SMILES string of the molecule is CC#CC(=O)NCC(C)N. The van der Waals surface area contributed by atoms with E-state index in [0.29, 0.717) is 6.54 Å². The van der Waals surface area contributed by atoms with E-state index in [0.717, 1.165) is 0 Å². The van der Waals surface area contributed by atoms with Crippen molar-refractivity contribution in [2.45, 2.75) is 19.9 Å². The van der Waals surface area contributed by atoms with Gasteiger partial charge in [-0.3, -0.25) is 4.79 Å². The first kappa shape index (κ1) is 8.99. The molecule has 10 heavy (non-hydrogen) atoms. The van der Waals surface area contributed by atoms with Crippen LogP contribution in [0.4, 0.5) is 0 Å². The highest BCUT2D eigenvalue weighted by Crippen LogP contribution is 1.69. The summed E-state index contributed by atoms with van der Waals surface area (Å²) >= 11 is 0. The van der Waals surface area contributed by atoms with Gasteiger partial charge in [-0.25, -0.2) is 0 Å². The molecule has 0 rings (SSSR count). The summed E-state index contributed by atoms with van der Waals surface area (Å²) < 4.78 is 0. The molecule has 3 N–H and O–H groups in total. The van der Waals surface area contributed by atoms with E-state index in [1.54, 1.807) is 6.92 Å². The molecule has 0 heterocycles. The lowest BCUT2D eigenvalue weighted by atomic mass is 10.3. The number of nitrogens with two attached hydrogens (primary N) is 1. The van der Waals surface area contributed by atoms with Gasteiger partial charge in [0.2, 0.25) is 0 Å². The molecule has 0 fully saturated rings. The largest absolute Gasteiger partial charge is 0.344 e. The zero-order chi connectivity index (χ0) is 7.98. The average molecular weight is 140 g/mol. The molecule has 0 spiro atoms. The monoisotopic (exact) mass is 140 g/mol. The van der Waals surface area contributed by atoms with Crippen molar-refractivity contribution in [3.63, 3.8) is 0 Å². The van der Waals surface area contributed by atoms with Gasteiger partial charge in [-0.1, -0.05) is 5.92 Å². The number of hydrogen-bond acceptors (Lipinski definition) is 2. The fraction of sp³-hybridized carbons (Fsp3) is 0.571. The van der Waals surface area contributed by atoms with Gasteiger partial charge in [0, 0.05) is 12.6 Å². The minimum atomic E-state index is -0.264. The lowest BCUT2D eigenvalue weighted by molar-refractivity contribution is -0.115. The van der Waals surface area contributed by atoms with E-state index in [4.69, 9.17) is 5.73 Å². The molecule has 0 aliphatic rings. The number of amides is 1. The van der Waals surface area contributed by atoms with Crippen LogP contribution in [-0.4, -0.2) is 18.5 Å². The summed E-state index contributed by atoms with van der Waals surface area (Å²) in [7, 11) is 0. The Labute approximate surface area is 61.0 Å². The topological polar surface area (TPSA) is 55.1 Å². The molecule has 56 valence electrons. The van der Waals surface area contributed by atoms with Gasteiger partial charge in [-0.15, -0.1) is 0 Å². The summed E-state index contributed by atoms with van der Waals surface area (Å²) in [6, 6.07) is -0.0115. The number of carbonyl (C=O) groups excluding carboxylic acids is 1. The van der Waals surface area contributed by atoms with E-state index in [9.17, 15) is 4.79 Å². The number of rotatable bonds is 2. The summed E-state index contributed by atoms with van der Waals surface area (Å²) in [6.07, 6.45) is 0. The normalized spacial score (nSPS) is 11.1. The van der Waals surface area contributed by atoms with Gasteiger partial charge in [0.15, 0.2) is 0 Å². The van der Waals surface area contributed by atoms with Crippen LogP contribution in [0, 0.1) is 11.8 Å². The first-order valence-electron chi connectivity index (χ1n) is 3.13. The summed E-state index contributed by atoms with van der Waals surface area (Å²) in [5, 5.41) is 2.55. The van der Waals surface area contributed by atoms with Crippen LogP contribution in [0.3, 0.4) is 0 Å². The Bertz CT molecular complexity index is 164. The molecular formula is C7H12N2O. The molecular weight excluding hydrogens is 128 g/mol. The van der Waals surface area contributed by atoms with Crippen molar-refractivity contribution in [1.29, 1.82) is 0 Å². The van der Waals surface area contributed by atoms with E-state index >= 15 is 0 Å². The van der Waals surface area contributed by atoms with E-state index in [1.807, 2.05) is 6.92 Å². The summed E-state index contributed by atoms with van der Waals surface area (Å²) in [6.45, 7) is 3.92. The predicted molar refractivity (Wildman–Crippen MR) is 40.1 cm³/mol. The molecule has 0 aromatic heterocycles. The second-order valence-electron chi connectivity index (χ2n) is 2.06. The smallest absolute Gasteiger partial charge is 0.295 e. The van der Waals surface area contributed by atoms with Gasteiger partial charge in [0.1, 0.15) is 0 Å². The quantitative estimate of drug-likeness (QED) is 0.507. The predicted octanol–water partition coefficient (Wildman–Crippen LogP) is -0.527. The molecule has 3 heteroatoms. The van der Waals surface area contributed by atoms with E-state index < -0.39 is 0 Å². The van der Waals surface area contributed by atoms with Crippen LogP contribution in [0.5, 0.6) is 0 Å². The Kier molecular flexibility index (Phi) is 4.34. The minimum absolute atomic E-state index is 0.0115. The maximum atomic E-state index is 10.6. The number of carbonyl (C=O) groups is 1. The molecule has 0 bridgehead atoms. The van der Waals surface area contributed by atoms with Crippen molar-refractivity contribution in [1.82, 2.24) is 5.32 Å².